The van der Waals surface area contributed by atoms with Crippen LogP contribution in [0.2, 0.25) is 0 Å². The van der Waals surface area contributed by atoms with Gasteiger partial charge in [0.15, 0.2) is 5.82 Å². The highest BCUT2D eigenvalue weighted by Crippen LogP contribution is 2.19. The Morgan fingerprint density at radius 2 is 2.00 bits per heavy atom. The Bertz CT molecular complexity index is 739. The predicted octanol–water partition coefficient (Wildman–Crippen LogP) is 2.32. The number of nitrogens with one attached hydrogen (secondary N) is 1. The summed E-state index contributed by atoms with van der Waals surface area (Å²) in [5.74, 6) is -1.10. The normalized spacial score (nSPS) is 14.4. The molecule has 1 aromatic heterocycles. The van der Waals surface area contributed by atoms with Gasteiger partial charge in [0.05, 0.1) is 24.7 Å². The number of rotatable bonds is 5. The quantitative estimate of drug-likeness (QED) is 0.820. The third-order valence-electron chi connectivity index (χ3n) is 3.52. The summed E-state index contributed by atoms with van der Waals surface area (Å²) in [7, 11) is 0. The zero-order chi connectivity index (χ0) is 17.6. The minimum atomic E-state index is -0.812. The van der Waals surface area contributed by atoms with Gasteiger partial charge in [-0.3, -0.25) is 4.79 Å². The molecular weight excluding hydrogens is 350 g/mol. The van der Waals surface area contributed by atoms with Crippen LogP contribution >= 0.6 is 11.8 Å². The van der Waals surface area contributed by atoms with E-state index in [1.807, 2.05) is 6.07 Å². The molecule has 0 unspecified atom stereocenters. The minimum absolute atomic E-state index is 0.0440. The molecule has 25 heavy (non-hydrogen) atoms. The van der Waals surface area contributed by atoms with E-state index >= 15 is 0 Å². The number of hydrogen-bond acceptors (Lipinski definition) is 6. The Labute approximate surface area is 147 Å². The van der Waals surface area contributed by atoms with Crippen molar-refractivity contribution < 1.29 is 18.3 Å². The standard InChI is InChI=1S/C16H16F2N4O2S/c17-11-1-2-13(12(18)9-11)19-15(23)10-25-16-4-3-14(20-21-16)22-5-7-24-8-6-22/h1-4,9H,5-8,10H2,(H,19,23). The van der Waals surface area contributed by atoms with Crippen molar-refractivity contribution in [3.05, 3.63) is 42.0 Å². The molecule has 0 saturated carbocycles. The second-order valence-corrected chi connectivity index (χ2v) is 6.29. The summed E-state index contributed by atoms with van der Waals surface area (Å²) in [6.45, 7) is 2.87. The van der Waals surface area contributed by atoms with E-state index < -0.39 is 17.5 Å². The van der Waals surface area contributed by atoms with E-state index in [9.17, 15) is 13.6 Å². The van der Waals surface area contributed by atoms with Gasteiger partial charge >= 0.3 is 0 Å². The maximum absolute atomic E-state index is 13.5. The first kappa shape index (κ1) is 17.6. The average Bonchev–Trinajstić information content (AvgIpc) is 2.63. The molecule has 3 rings (SSSR count). The van der Waals surface area contributed by atoms with Crippen LogP contribution in [0.3, 0.4) is 0 Å². The third-order valence-corrected chi connectivity index (χ3v) is 4.44. The van der Waals surface area contributed by atoms with Gasteiger partial charge in [0, 0.05) is 19.2 Å². The van der Waals surface area contributed by atoms with Crippen molar-refractivity contribution in [1.82, 2.24) is 10.2 Å². The van der Waals surface area contributed by atoms with Gasteiger partial charge in [0.25, 0.3) is 0 Å². The molecule has 6 nitrogen and oxygen atoms in total. The zero-order valence-electron chi connectivity index (χ0n) is 13.2. The van der Waals surface area contributed by atoms with Crippen molar-refractivity contribution in [2.45, 2.75) is 5.03 Å². The average molecular weight is 366 g/mol. The first-order valence-corrected chi connectivity index (χ1v) is 8.64. The van der Waals surface area contributed by atoms with E-state index in [4.69, 9.17) is 4.74 Å². The van der Waals surface area contributed by atoms with E-state index in [1.165, 1.54) is 17.8 Å². The molecule has 0 atom stereocenters. The van der Waals surface area contributed by atoms with Crippen molar-refractivity contribution in [2.75, 3.05) is 42.3 Å². The number of nitrogens with zero attached hydrogens (tertiary/aromatic N) is 3. The van der Waals surface area contributed by atoms with E-state index in [0.717, 1.165) is 31.0 Å². The number of ether oxygens (including phenoxy) is 1. The Balaban J connectivity index is 1.51. The Morgan fingerprint density at radius 1 is 1.20 bits per heavy atom. The Morgan fingerprint density at radius 3 is 2.68 bits per heavy atom. The monoisotopic (exact) mass is 366 g/mol. The van der Waals surface area contributed by atoms with Crippen molar-refractivity contribution in [1.29, 1.82) is 0 Å². The number of morpholine rings is 1. The van der Waals surface area contributed by atoms with Gasteiger partial charge in [-0.15, -0.1) is 10.2 Å². The number of benzene rings is 1. The lowest BCUT2D eigenvalue weighted by atomic mass is 10.3. The fraction of sp³-hybridized carbons (Fsp3) is 0.312. The highest BCUT2D eigenvalue weighted by atomic mass is 32.2. The molecule has 2 aromatic rings. The molecule has 9 heteroatoms. The van der Waals surface area contributed by atoms with Crippen LogP contribution in [0.1, 0.15) is 0 Å². The number of halogens is 2. The molecule has 0 aliphatic carbocycles. The number of aromatic nitrogens is 2. The Kier molecular flexibility index (Phi) is 5.77. The first-order valence-electron chi connectivity index (χ1n) is 7.66. The van der Waals surface area contributed by atoms with E-state index in [-0.39, 0.29) is 11.4 Å². The summed E-state index contributed by atoms with van der Waals surface area (Å²) in [5.41, 5.74) is -0.0549. The van der Waals surface area contributed by atoms with Gasteiger partial charge in [-0.1, -0.05) is 11.8 Å². The second kappa shape index (κ2) is 8.21. The molecule has 0 radical (unpaired) electrons. The molecule has 1 N–H and O–H groups in total. The van der Waals surface area contributed by atoms with Gasteiger partial charge < -0.3 is 15.0 Å². The van der Waals surface area contributed by atoms with Crippen LogP contribution < -0.4 is 10.2 Å². The molecule has 1 fully saturated rings. The van der Waals surface area contributed by atoms with E-state index in [1.54, 1.807) is 6.07 Å². The molecule has 2 heterocycles. The summed E-state index contributed by atoms with van der Waals surface area (Å²) in [6, 6.07) is 6.62. The van der Waals surface area contributed by atoms with Crippen molar-refractivity contribution in [3.63, 3.8) is 0 Å². The number of anilines is 2. The van der Waals surface area contributed by atoms with Crippen LogP contribution in [-0.4, -0.2) is 48.2 Å². The largest absolute Gasteiger partial charge is 0.378 e. The fourth-order valence-corrected chi connectivity index (χ4v) is 2.88. The fourth-order valence-electron chi connectivity index (χ4n) is 2.27. The van der Waals surface area contributed by atoms with Crippen molar-refractivity contribution >= 4 is 29.2 Å². The van der Waals surface area contributed by atoms with Crippen LogP contribution in [-0.2, 0) is 9.53 Å². The number of thioether (sulfide) groups is 1. The summed E-state index contributed by atoms with van der Waals surface area (Å²) in [4.78, 5) is 14.0. The van der Waals surface area contributed by atoms with Crippen LogP contribution in [0.5, 0.6) is 0 Å². The number of amides is 1. The summed E-state index contributed by atoms with van der Waals surface area (Å²) < 4.78 is 31.6. The SMILES string of the molecule is O=C(CSc1ccc(N2CCOCC2)nn1)Nc1ccc(F)cc1F. The molecule has 0 spiro atoms. The molecule has 1 aliphatic heterocycles. The number of hydrogen-bond donors (Lipinski definition) is 1. The zero-order valence-corrected chi connectivity index (χ0v) is 14.1. The van der Waals surface area contributed by atoms with Crippen LogP contribution in [0.15, 0.2) is 35.4 Å². The van der Waals surface area contributed by atoms with Crippen LogP contribution in [0.25, 0.3) is 0 Å². The van der Waals surface area contributed by atoms with Gasteiger partial charge in [0.1, 0.15) is 16.7 Å². The summed E-state index contributed by atoms with van der Waals surface area (Å²) >= 11 is 1.19. The van der Waals surface area contributed by atoms with E-state index in [0.29, 0.717) is 18.2 Å². The highest BCUT2D eigenvalue weighted by molar-refractivity contribution is 7.99. The van der Waals surface area contributed by atoms with Crippen molar-refractivity contribution in [3.8, 4) is 0 Å². The lowest BCUT2D eigenvalue weighted by Crippen LogP contribution is -2.36. The second-order valence-electron chi connectivity index (χ2n) is 5.29. The van der Waals surface area contributed by atoms with Gasteiger partial charge in [-0.2, -0.15) is 0 Å². The topological polar surface area (TPSA) is 67.4 Å². The first-order chi connectivity index (χ1) is 12.1. The molecule has 1 saturated heterocycles. The third kappa shape index (κ3) is 4.86. The maximum Gasteiger partial charge on any atom is 0.234 e. The van der Waals surface area contributed by atoms with Gasteiger partial charge in [-0.25, -0.2) is 8.78 Å². The van der Waals surface area contributed by atoms with Gasteiger partial charge in [-0.05, 0) is 24.3 Å². The van der Waals surface area contributed by atoms with Gasteiger partial charge in [0.2, 0.25) is 5.91 Å². The predicted molar refractivity (Wildman–Crippen MR) is 90.8 cm³/mol. The number of carbonyl (C=O) groups is 1. The molecule has 132 valence electrons. The number of carbonyl (C=O) groups excluding carboxylic acids is 1. The lowest BCUT2D eigenvalue weighted by Gasteiger charge is -2.27. The molecular formula is C16H16F2N4O2S. The lowest BCUT2D eigenvalue weighted by molar-refractivity contribution is -0.113. The summed E-state index contributed by atoms with van der Waals surface area (Å²) in [5, 5.41) is 11.2. The molecule has 1 aromatic carbocycles. The smallest absolute Gasteiger partial charge is 0.234 e. The minimum Gasteiger partial charge on any atom is -0.378 e. The Hall–Kier alpha value is -2.26. The molecule has 1 amide bonds. The van der Waals surface area contributed by atoms with Crippen molar-refractivity contribution in [2.24, 2.45) is 0 Å². The summed E-state index contributed by atoms with van der Waals surface area (Å²) in [6.07, 6.45) is 0. The highest BCUT2D eigenvalue weighted by Gasteiger charge is 2.13. The molecule has 0 bridgehead atoms. The molecule has 1 aliphatic rings. The van der Waals surface area contributed by atoms with Crippen LogP contribution in [0, 0.1) is 11.6 Å². The maximum atomic E-state index is 13.5. The van der Waals surface area contributed by atoms with E-state index in [2.05, 4.69) is 20.4 Å². The van der Waals surface area contributed by atoms with Crippen LogP contribution in [0.4, 0.5) is 20.3 Å².